The highest BCUT2D eigenvalue weighted by atomic mass is 127. The topological polar surface area (TPSA) is 38.3 Å². The van der Waals surface area contributed by atoms with Crippen LogP contribution >= 0.6 is 30.1 Å². The smallest absolute Gasteiger partial charge is 0.412 e. The van der Waals surface area contributed by atoms with Crippen molar-refractivity contribution >= 4 is 41.9 Å². The number of carbonyl (C=O) groups is 1. The lowest BCUT2D eigenvalue weighted by molar-refractivity contribution is 0.0635. The summed E-state index contributed by atoms with van der Waals surface area (Å²) in [5.74, 6) is -3.62. The number of rotatable bonds is 2. The van der Waals surface area contributed by atoms with E-state index in [1.54, 1.807) is 42.0 Å². The maximum Gasteiger partial charge on any atom is 0.412 e. The fraction of sp³-hybridized carbons (Fsp3) is 0.364. The van der Waals surface area contributed by atoms with Crippen LogP contribution in [-0.2, 0) is 4.74 Å². The largest absolute Gasteiger partial charge is 0.444 e. The molecule has 0 saturated carbocycles. The Morgan fingerprint density at radius 3 is 2.37 bits per heavy atom. The third-order valence-electron chi connectivity index (χ3n) is 1.83. The van der Waals surface area contributed by atoms with Gasteiger partial charge in [-0.2, -0.15) is 0 Å². The van der Waals surface area contributed by atoms with E-state index in [1.165, 1.54) is 0 Å². The van der Waals surface area contributed by atoms with E-state index in [0.29, 0.717) is 15.0 Å². The van der Waals surface area contributed by atoms with Crippen molar-refractivity contribution in [1.82, 2.24) is 0 Å². The van der Waals surface area contributed by atoms with Gasteiger partial charge in [-0.3, -0.25) is 5.32 Å². The molecule has 1 N–H and O–H groups in total. The number of hydrogen-bond acceptors (Lipinski definition) is 3. The first-order valence-electron chi connectivity index (χ1n) is 5.12. The van der Waals surface area contributed by atoms with Gasteiger partial charge in [0.15, 0.2) is 11.6 Å². The summed E-state index contributed by atoms with van der Waals surface area (Å²) < 4.78 is 45.4. The van der Waals surface area contributed by atoms with Crippen molar-refractivity contribution in [3.8, 4) is 0 Å². The summed E-state index contributed by atoms with van der Waals surface area (Å²) >= 11 is 1.63. The zero-order valence-corrected chi connectivity index (χ0v) is 13.3. The number of benzene rings is 1. The predicted molar refractivity (Wildman–Crippen MR) is 76.0 cm³/mol. The summed E-state index contributed by atoms with van der Waals surface area (Å²) in [6.45, 7) is 4.83. The standard InChI is InChI=1S/C11H11F3INO2S/c1-11(2,3)18-10(17)16-6-4-5(12)9(19-15)8(14)7(6)13/h4H,1-3H3,(H,16,17). The average Bonchev–Trinajstić information content (AvgIpc) is 2.23. The Bertz CT molecular complexity index is 506. The summed E-state index contributed by atoms with van der Waals surface area (Å²) in [4.78, 5) is 11.0. The molecule has 0 saturated heterocycles. The van der Waals surface area contributed by atoms with Gasteiger partial charge in [0.05, 0.1) is 10.6 Å². The predicted octanol–water partition coefficient (Wildman–Crippen LogP) is 4.89. The van der Waals surface area contributed by atoms with E-state index in [2.05, 4.69) is 0 Å². The second-order valence-corrected chi connectivity index (χ2v) is 6.45. The molecule has 0 spiro atoms. The van der Waals surface area contributed by atoms with Crippen LogP contribution in [0.4, 0.5) is 23.7 Å². The van der Waals surface area contributed by atoms with E-state index < -0.39 is 39.7 Å². The zero-order valence-electron chi connectivity index (χ0n) is 10.3. The Balaban J connectivity index is 3.00. The van der Waals surface area contributed by atoms with Gasteiger partial charge >= 0.3 is 6.09 Å². The molecule has 0 atom stereocenters. The van der Waals surface area contributed by atoms with Crippen molar-refractivity contribution in [2.45, 2.75) is 31.3 Å². The Kier molecular flexibility index (Phi) is 5.36. The zero-order chi connectivity index (χ0) is 14.8. The number of ether oxygens (including phenoxy) is 1. The molecule has 0 heterocycles. The van der Waals surface area contributed by atoms with E-state index in [0.717, 1.165) is 0 Å². The summed E-state index contributed by atoms with van der Waals surface area (Å²) in [7, 11) is 0.710. The number of hydrogen-bond donors (Lipinski definition) is 1. The quantitative estimate of drug-likeness (QED) is 0.563. The van der Waals surface area contributed by atoms with Gasteiger partial charge in [0, 0.05) is 27.3 Å². The Hall–Kier alpha value is -0.640. The average molecular weight is 405 g/mol. The van der Waals surface area contributed by atoms with Crippen LogP contribution < -0.4 is 5.32 Å². The molecular formula is C11H11F3INO2S. The van der Waals surface area contributed by atoms with Crippen LogP contribution in [0.25, 0.3) is 0 Å². The number of carbonyl (C=O) groups excluding carboxylic acids is 1. The second kappa shape index (κ2) is 6.21. The minimum absolute atomic E-state index is 0.451. The van der Waals surface area contributed by atoms with Gasteiger partial charge in [-0.25, -0.2) is 18.0 Å². The van der Waals surface area contributed by atoms with Gasteiger partial charge in [-0.15, -0.1) is 0 Å². The van der Waals surface area contributed by atoms with Crippen molar-refractivity contribution in [3.05, 3.63) is 23.5 Å². The van der Waals surface area contributed by atoms with Crippen molar-refractivity contribution < 1.29 is 22.7 Å². The maximum absolute atomic E-state index is 13.6. The first kappa shape index (κ1) is 16.4. The monoisotopic (exact) mass is 405 g/mol. The molecule has 3 nitrogen and oxygen atoms in total. The van der Waals surface area contributed by atoms with Crippen LogP contribution in [0.5, 0.6) is 0 Å². The normalized spacial score (nSPS) is 11.3. The van der Waals surface area contributed by atoms with Crippen LogP contribution in [0, 0.1) is 17.5 Å². The first-order valence-corrected chi connectivity index (χ1v) is 8.47. The molecule has 0 radical (unpaired) electrons. The molecule has 0 aliphatic rings. The molecule has 1 aromatic rings. The van der Waals surface area contributed by atoms with E-state index in [4.69, 9.17) is 4.74 Å². The highest BCUT2D eigenvalue weighted by molar-refractivity contribution is 14.2. The lowest BCUT2D eigenvalue weighted by atomic mass is 10.2. The first-order chi connectivity index (χ1) is 8.65. The molecule has 1 aromatic carbocycles. The second-order valence-electron chi connectivity index (χ2n) is 4.57. The molecule has 0 unspecified atom stereocenters. The molecule has 1 rings (SSSR count). The Morgan fingerprint density at radius 2 is 1.89 bits per heavy atom. The van der Waals surface area contributed by atoms with E-state index in [9.17, 15) is 18.0 Å². The third kappa shape index (κ3) is 4.44. The number of anilines is 1. The van der Waals surface area contributed by atoms with Crippen LogP contribution in [0.15, 0.2) is 11.0 Å². The molecule has 0 aliphatic heterocycles. The fourth-order valence-electron chi connectivity index (χ4n) is 1.15. The van der Waals surface area contributed by atoms with Gasteiger partial charge < -0.3 is 4.74 Å². The molecule has 0 fully saturated rings. The Morgan fingerprint density at radius 1 is 1.32 bits per heavy atom. The molecular weight excluding hydrogens is 394 g/mol. The summed E-state index contributed by atoms with van der Waals surface area (Å²) in [5, 5.41) is 1.97. The molecule has 8 heteroatoms. The molecule has 0 aromatic heterocycles. The van der Waals surface area contributed by atoms with Gasteiger partial charge in [0.1, 0.15) is 11.4 Å². The van der Waals surface area contributed by atoms with Crippen LogP contribution in [0.1, 0.15) is 20.8 Å². The highest BCUT2D eigenvalue weighted by Gasteiger charge is 2.22. The summed E-state index contributed by atoms with van der Waals surface area (Å²) in [6.07, 6.45) is -0.986. The van der Waals surface area contributed by atoms with Gasteiger partial charge in [0.2, 0.25) is 0 Å². The third-order valence-corrected chi connectivity index (χ3v) is 3.68. The van der Waals surface area contributed by atoms with Gasteiger partial charge in [0.25, 0.3) is 0 Å². The van der Waals surface area contributed by atoms with Crippen LogP contribution in [0.2, 0.25) is 0 Å². The van der Waals surface area contributed by atoms with Crippen LogP contribution in [-0.4, -0.2) is 11.7 Å². The molecule has 106 valence electrons. The molecule has 0 bridgehead atoms. The lowest BCUT2D eigenvalue weighted by Gasteiger charge is -2.20. The van der Waals surface area contributed by atoms with E-state index >= 15 is 0 Å². The summed E-state index contributed by atoms with van der Waals surface area (Å²) in [5.41, 5.74) is -1.39. The van der Waals surface area contributed by atoms with Crippen molar-refractivity contribution in [1.29, 1.82) is 0 Å². The van der Waals surface area contributed by atoms with Gasteiger partial charge in [-0.05, 0) is 29.7 Å². The fourth-order valence-corrected chi connectivity index (χ4v) is 2.65. The number of amides is 1. The van der Waals surface area contributed by atoms with Crippen molar-refractivity contribution in [3.63, 3.8) is 0 Å². The molecule has 1 amide bonds. The van der Waals surface area contributed by atoms with Crippen molar-refractivity contribution in [2.75, 3.05) is 5.32 Å². The van der Waals surface area contributed by atoms with Crippen LogP contribution in [0.3, 0.4) is 0 Å². The SMILES string of the molecule is CC(C)(C)OC(=O)Nc1cc(F)c(SI)c(F)c1F. The van der Waals surface area contributed by atoms with Gasteiger partial charge in [-0.1, -0.05) is 0 Å². The minimum atomic E-state index is -1.34. The maximum atomic E-state index is 13.6. The minimum Gasteiger partial charge on any atom is -0.444 e. The molecule has 0 aliphatic carbocycles. The lowest BCUT2D eigenvalue weighted by Crippen LogP contribution is -2.27. The Labute approximate surface area is 124 Å². The highest BCUT2D eigenvalue weighted by Crippen LogP contribution is 2.34. The molecule has 19 heavy (non-hydrogen) atoms. The number of nitrogens with one attached hydrogen (secondary N) is 1. The van der Waals surface area contributed by atoms with E-state index in [1.807, 2.05) is 5.32 Å². The van der Waals surface area contributed by atoms with E-state index in [-0.39, 0.29) is 0 Å². The summed E-state index contributed by atoms with van der Waals surface area (Å²) in [6, 6.07) is 0.712. The van der Waals surface area contributed by atoms with Crippen molar-refractivity contribution in [2.24, 2.45) is 0 Å². The number of halogens is 4.